The summed E-state index contributed by atoms with van der Waals surface area (Å²) in [6.45, 7) is 4.70. The molecule has 0 unspecified atom stereocenters. The Balaban J connectivity index is 2.26. The zero-order valence-electron chi connectivity index (χ0n) is 12.5. The number of carbonyl (C=O) groups is 1. The summed E-state index contributed by atoms with van der Waals surface area (Å²) in [4.78, 5) is 18.7. The fraction of sp³-hybridized carbons (Fsp3) is 0.312. The maximum Gasteiger partial charge on any atom is 0.248 e. The van der Waals surface area contributed by atoms with E-state index in [1.54, 1.807) is 4.90 Å². The van der Waals surface area contributed by atoms with Gasteiger partial charge in [-0.3, -0.25) is 14.5 Å². The minimum Gasteiger partial charge on any atom is -0.307 e. The molecule has 0 atom stereocenters. The van der Waals surface area contributed by atoms with Crippen LogP contribution in [0.4, 0.5) is 5.69 Å². The number of carbonyl (C=O) groups excluding carboxylic acids is 1. The van der Waals surface area contributed by atoms with Crippen molar-refractivity contribution in [2.45, 2.75) is 13.8 Å². The SMILES string of the molecule is CCN1C(=O)CN=C(c2ccccc2)c2c1c(C)nn2C. The van der Waals surface area contributed by atoms with E-state index >= 15 is 0 Å². The van der Waals surface area contributed by atoms with Crippen molar-refractivity contribution < 1.29 is 4.79 Å². The van der Waals surface area contributed by atoms with E-state index in [2.05, 4.69) is 10.1 Å². The molecule has 2 heterocycles. The van der Waals surface area contributed by atoms with Gasteiger partial charge in [0.1, 0.15) is 12.2 Å². The number of anilines is 1. The van der Waals surface area contributed by atoms with Gasteiger partial charge in [-0.05, 0) is 13.8 Å². The number of aryl methyl sites for hydroxylation is 2. The second kappa shape index (κ2) is 5.16. The van der Waals surface area contributed by atoms with Crippen molar-refractivity contribution in [3.8, 4) is 0 Å². The monoisotopic (exact) mass is 282 g/mol. The first-order valence-corrected chi connectivity index (χ1v) is 7.07. The Bertz CT molecular complexity index is 715. The van der Waals surface area contributed by atoms with E-state index in [0.29, 0.717) is 6.54 Å². The number of nitrogens with zero attached hydrogens (tertiary/aromatic N) is 4. The molecular formula is C16H18N4O. The number of aliphatic imine (C=N–C) groups is 1. The largest absolute Gasteiger partial charge is 0.307 e. The zero-order valence-corrected chi connectivity index (χ0v) is 12.5. The van der Waals surface area contributed by atoms with Crippen molar-refractivity contribution in [1.29, 1.82) is 0 Å². The molecule has 0 N–H and O–H groups in total. The molecule has 1 aliphatic rings. The lowest BCUT2D eigenvalue weighted by Gasteiger charge is -2.19. The van der Waals surface area contributed by atoms with Gasteiger partial charge in [-0.15, -0.1) is 0 Å². The molecule has 1 aromatic carbocycles. The average molecular weight is 282 g/mol. The molecule has 5 heteroatoms. The molecule has 108 valence electrons. The fourth-order valence-electron chi connectivity index (χ4n) is 2.83. The summed E-state index contributed by atoms with van der Waals surface area (Å²) >= 11 is 0. The Morgan fingerprint density at radius 2 is 1.95 bits per heavy atom. The summed E-state index contributed by atoms with van der Waals surface area (Å²) in [6, 6.07) is 9.95. The third kappa shape index (κ3) is 2.14. The first-order chi connectivity index (χ1) is 10.1. The maximum absolute atomic E-state index is 12.3. The molecule has 1 aliphatic heterocycles. The molecule has 2 aromatic rings. The van der Waals surface area contributed by atoms with Crippen LogP contribution in [-0.4, -0.2) is 34.5 Å². The average Bonchev–Trinajstić information content (AvgIpc) is 2.69. The molecule has 0 saturated carbocycles. The van der Waals surface area contributed by atoms with Gasteiger partial charge in [-0.2, -0.15) is 5.10 Å². The van der Waals surface area contributed by atoms with Crippen LogP contribution in [-0.2, 0) is 11.8 Å². The van der Waals surface area contributed by atoms with Crippen LogP contribution < -0.4 is 4.90 Å². The van der Waals surface area contributed by atoms with Crippen molar-refractivity contribution in [1.82, 2.24) is 9.78 Å². The number of amides is 1. The summed E-state index contributed by atoms with van der Waals surface area (Å²) in [5.74, 6) is 0.0146. The van der Waals surface area contributed by atoms with Gasteiger partial charge >= 0.3 is 0 Å². The van der Waals surface area contributed by atoms with Crippen LogP contribution >= 0.6 is 0 Å². The van der Waals surface area contributed by atoms with Gasteiger partial charge in [-0.1, -0.05) is 30.3 Å². The van der Waals surface area contributed by atoms with E-state index in [1.807, 2.05) is 55.9 Å². The molecule has 0 aliphatic carbocycles. The van der Waals surface area contributed by atoms with E-state index in [-0.39, 0.29) is 12.5 Å². The van der Waals surface area contributed by atoms with E-state index in [4.69, 9.17) is 0 Å². The van der Waals surface area contributed by atoms with Crippen molar-refractivity contribution in [3.05, 3.63) is 47.3 Å². The highest BCUT2D eigenvalue weighted by Crippen LogP contribution is 2.29. The zero-order chi connectivity index (χ0) is 15.0. The van der Waals surface area contributed by atoms with Gasteiger partial charge < -0.3 is 4.90 Å². The van der Waals surface area contributed by atoms with Gasteiger partial charge in [-0.25, -0.2) is 0 Å². The topological polar surface area (TPSA) is 50.5 Å². The van der Waals surface area contributed by atoms with E-state index < -0.39 is 0 Å². The molecule has 0 bridgehead atoms. The second-order valence-corrected chi connectivity index (χ2v) is 5.08. The molecule has 1 aromatic heterocycles. The number of hydrogen-bond acceptors (Lipinski definition) is 3. The number of likely N-dealkylation sites (N-methyl/N-ethyl adjacent to an activating group) is 1. The maximum atomic E-state index is 12.3. The van der Waals surface area contributed by atoms with Crippen molar-refractivity contribution in [2.75, 3.05) is 18.0 Å². The summed E-state index contributed by atoms with van der Waals surface area (Å²) in [6.07, 6.45) is 0. The molecular weight excluding hydrogens is 264 g/mol. The van der Waals surface area contributed by atoms with E-state index in [9.17, 15) is 4.79 Å². The van der Waals surface area contributed by atoms with Crippen LogP contribution in [0.3, 0.4) is 0 Å². The third-order valence-corrected chi connectivity index (χ3v) is 3.72. The minimum absolute atomic E-state index is 0.0146. The third-order valence-electron chi connectivity index (χ3n) is 3.72. The van der Waals surface area contributed by atoms with E-state index in [1.165, 1.54) is 0 Å². The number of rotatable bonds is 2. The quantitative estimate of drug-likeness (QED) is 0.845. The van der Waals surface area contributed by atoms with Crippen molar-refractivity contribution in [3.63, 3.8) is 0 Å². The van der Waals surface area contributed by atoms with Crippen LogP contribution in [0.15, 0.2) is 35.3 Å². The predicted octanol–water partition coefficient (Wildman–Crippen LogP) is 1.93. The Kier molecular flexibility index (Phi) is 3.33. The smallest absolute Gasteiger partial charge is 0.248 e. The molecule has 21 heavy (non-hydrogen) atoms. The lowest BCUT2D eigenvalue weighted by Crippen LogP contribution is -2.32. The Morgan fingerprint density at radius 3 is 2.62 bits per heavy atom. The van der Waals surface area contributed by atoms with Gasteiger partial charge in [0.2, 0.25) is 5.91 Å². The standard InChI is InChI=1S/C16H18N4O/c1-4-20-13(21)10-17-14(12-8-6-5-7-9-12)16-15(20)11(2)18-19(16)3/h5-9H,4,10H2,1-3H3. The number of hydrogen-bond donors (Lipinski definition) is 0. The van der Waals surface area contributed by atoms with Gasteiger partial charge in [0.25, 0.3) is 0 Å². The highest BCUT2D eigenvalue weighted by Gasteiger charge is 2.29. The minimum atomic E-state index is 0.0146. The molecule has 0 spiro atoms. The molecule has 0 fully saturated rings. The Morgan fingerprint density at radius 1 is 1.24 bits per heavy atom. The van der Waals surface area contributed by atoms with E-state index in [0.717, 1.165) is 28.4 Å². The van der Waals surface area contributed by atoms with Gasteiger partial charge in [0.15, 0.2) is 0 Å². The lowest BCUT2D eigenvalue weighted by molar-refractivity contribution is -0.117. The number of aromatic nitrogens is 2. The highest BCUT2D eigenvalue weighted by molar-refractivity contribution is 6.18. The normalized spacial score (nSPS) is 14.7. The van der Waals surface area contributed by atoms with Crippen LogP contribution in [0.1, 0.15) is 23.9 Å². The van der Waals surface area contributed by atoms with Crippen LogP contribution in [0, 0.1) is 6.92 Å². The molecule has 0 radical (unpaired) electrons. The van der Waals surface area contributed by atoms with Gasteiger partial charge in [0.05, 0.1) is 17.1 Å². The number of benzene rings is 1. The molecule has 3 rings (SSSR count). The summed E-state index contributed by atoms with van der Waals surface area (Å²) in [5, 5.41) is 4.48. The highest BCUT2D eigenvalue weighted by atomic mass is 16.2. The molecule has 0 saturated heterocycles. The second-order valence-electron chi connectivity index (χ2n) is 5.08. The summed E-state index contributed by atoms with van der Waals surface area (Å²) < 4.78 is 1.82. The predicted molar refractivity (Wildman–Crippen MR) is 82.9 cm³/mol. The fourth-order valence-corrected chi connectivity index (χ4v) is 2.83. The Hall–Kier alpha value is -2.43. The van der Waals surface area contributed by atoms with Crippen molar-refractivity contribution >= 4 is 17.3 Å². The lowest BCUT2D eigenvalue weighted by atomic mass is 10.1. The number of fused-ring (bicyclic) bond motifs is 1. The summed E-state index contributed by atoms with van der Waals surface area (Å²) in [5.41, 5.74) is 4.48. The van der Waals surface area contributed by atoms with Crippen molar-refractivity contribution in [2.24, 2.45) is 12.0 Å². The summed E-state index contributed by atoms with van der Waals surface area (Å²) in [7, 11) is 1.90. The van der Waals surface area contributed by atoms with Gasteiger partial charge in [0, 0.05) is 19.2 Å². The van der Waals surface area contributed by atoms with Crippen LogP contribution in [0.5, 0.6) is 0 Å². The Labute approximate surface area is 123 Å². The van der Waals surface area contributed by atoms with Crippen LogP contribution in [0.25, 0.3) is 0 Å². The molecule has 1 amide bonds. The molecule has 5 nitrogen and oxygen atoms in total. The van der Waals surface area contributed by atoms with Crippen LogP contribution in [0.2, 0.25) is 0 Å². The first-order valence-electron chi connectivity index (χ1n) is 7.07. The first kappa shape index (κ1) is 13.5.